The van der Waals surface area contributed by atoms with Crippen LogP contribution in [0.25, 0.3) is 0 Å². The van der Waals surface area contributed by atoms with E-state index in [4.69, 9.17) is 0 Å². The van der Waals surface area contributed by atoms with Crippen molar-refractivity contribution in [3.63, 3.8) is 0 Å². The molecular weight excluding hydrogens is 283 g/mol. The SMILES string of the molecule is CCCCCCCCCCC(S)OS(=O)(=O)[O-].[Na+]. The Bertz CT molecular complexity index is 270. The molecule has 0 saturated carbocycles. The monoisotopic (exact) mass is 306 g/mol. The van der Waals surface area contributed by atoms with Gasteiger partial charge in [-0.3, -0.25) is 4.18 Å². The third kappa shape index (κ3) is 17.2. The van der Waals surface area contributed by atoms with Crippen molar-refractivity contribution in [2.24, 2.45) is 0 Å². The fourth-order valence-corrected chi connectivity index (χ4v) is 2.50. The van der Waals surface area contributed by atoms with Gasteiger partial charge in [-0.1, -0.05) is 51.9 Å². The van der Waals surface area contributed by atoms with E-state index in [9.17, 15) is 13.0 Å². The molecule has 0 saturated heterocycles. The van der Waals surface area contributed by atoms with E-state index in [1.165, 1.54) is 32.1 Å². The summed E-state index contributed by atoms with van der Waals surface area (Å²) in [5, 5.41) is 0. The van der Waals surface area contributed by atoms with Gasteiger partial charge in [-0.05, 0) is 12.8 Å². The molecule has 0 aromatic carbocycles. The Balaban J connectivity index is 0. The van der Waals surface area contributed by atoms with Crippen LogP contribution in [0.5, 0.6) is 0 Å². The summed E-state index contributed by atoms with van der Waals surface area (Å²) in [6.45, 7) is 2.19. The predicted molar refractivity (Wildman–Crippen MR) is 70.8 cm³/mol. The maximum Gasteiger partial charge on any atom is 1.00 e. The first-order chi connectivity index (χ1) is 7.95. The van der Waals surface area contributed by atoms with Gasteiger partial charge in [0.05, 0.1) is 0 Å². The molecule has 0 N–H and O–H groups in total. The maximum absolute atomic E-state index is 10.3. The van der Waals surface area contributed by atoms with Crippen molar-refractivity contribution in [1.29, 1.82) is 0 Å². The molecule has 1 unspecified atom stereocenters. The summed E-state index contributed by atoms with van der Waals surface area (Å²) >= 11 is 3.89. The summed E-state index contributed by atoms with van der Waals surface area (Å²) in [4.78, 5) is 0. The quantitative estimate of drug-likeness (QED) is 0.148. The zero-order valence-corrected chi connectivity index (χ0v) is 15.1. The van der Waals surface area contributed by atoms with Crippen molar-refractivity contribution in [1.82, 2.24) is 0 Å². The largest absolute Gasteiger partial charge is 1.00 e. The number of thiol groups is 1. The third-order valence-corrected chi connectivity index (χ3v) is 3.51. The molecule has 0 aliphatic rings. The van der Waals surface area contributed by atoms with Gasteiger partial charge in [-0.15, -0.1) is 12.6 Å². The van der Waals surface area contributed by atoms with E-state index in [0.29, 0.717) is 6.42 Å². The normalized spacial score (nSPS) is 13.1. The van der Waals surface area contributed by atoms with Crippen molar-refractivity contribution >= 4 is 23.0 Å². The van der Waals surface area contributed by atoms with Crippen LogP contribution in [0.2, 0.25) is 0 Å². The van der Waals surface area contributed by atoms with Crippen LogP contribution in [0.4, 0.5) is 0 Å². The van der Waals surface area contributed by atoms with Crippen LogP contribution in [-0.2, 0) is 14.6 Å². The first-order valence-electron chi connectivity index (χ1n) is 6.28. The van der Waals surface area contributed by atoms with Gasteiger partial charge >= 0.3 is 29.6 Å². The van der Waals surface area contributed by atoms with Gasteiger partial charge in [-0.25, -0.2) is 8.42 Å². The minimum absolute atomic E-state index is 0. The van der Waals surface area contributed by atoms with E-state index in [1.54, 1.807) is 0 Å². The minimum atomic E-state index is -4.61. The molecule has 0 rings (SSSR count). The summed E-state index contributed by atoms with van der Waals surface area (Å²) in [6.07, 6.45) is 9.86. The topological polar surface area (TPSA) is 66.4 Å². The molecule has 0 spiro atoms. The Labute approximate surface area is 139 Å². The number of hydrogen-bond donors (Lipinski definition) is 1. The van der Waals surface area contributed by atoms with Gasteiger partial charge in [0.2, 0.25) is 10.4 Å². The fourth-order valence-electron chi connectivity index (χ4n) is 1.64. The van der Waals surface area contributed by atoms with E-state index >= 15 is 0 Å². The molecule has 7 heteroatoms. The average Bonchev–Trinajstić information content (AvgIpc) is 2.19. The predicted octanol–water partition coefficient (Wildman–Crippen LogP) is 0.254. The Hall–Kier alpha value is 1.22. The molecule has 0 aromatic rings. The summed E-state index contributed by atoms with van der Waals surface area (Å²) < 4.78 is 34.9. The molecule has 4 nitrogen and oxygen atoms in total. The van der Waals surface area contributed by atoms with Gasteiger partial charge in [0.1, 0.15) is 5.44 Å². The molecule has 0 radical (unpaired) electrons. The second-order valence-corrected chi connectivity index (χ2v) is 5.81. The van der Waals surface area contributed by atoms with Gasteiger partial charge in [0, 0.05) is 0 Å². The average molecular weight is 306 g/mol. The summed E-state index contributed by atoms with van der Waals surface area (Å²) in [5.74, 6) is 0. The minimum Gasteiger partial charge on any atom is -0.725 e. The van der Waals surface area contributed by atoms with Crippen LogP contribution in [0, 0.1) is 0 Å². The molecule has 0 aliphatic carbocycles. The standard InChI is InChI=1S/C11H24O4S2.Na/c1-2-3-4-5-6-7-8-9-10-11(16)15-17(12,13)14;/h11,16H,2-10H2,1H3,(H,12,13,14);/q;+1/p-1. The van der Waals surface area contributed by atoms with E-state index < -0.39 is 15.8 Å². The summed E-state index contributed by atoms with van der Waals surface area (Å²) in [5.41, 5.74) is -0.794. The van der Waals surface area contributed by atoms with Crippen molar-refractivity contribution in [3.8, 4) is 0 Å². The number of hydrogen-bond acceptors (Lipinski definition) is 5. The van der Waals surface area contributed by atoms with Gasteiger partial charge in [0.25, 0.3) is 0 Å². The van der Waals surface area contributed by atoms with Crippen molar-refractivity contribution in [2.75, 3.05) is 0 Å². The van der Waals surface area contributed by atoms with Crippen LogP contribution in [-0.4, -0.2) is 18.4 Å². The summed E-state index contributed by atoms with van der Waals surface area (Å²) in [7, 11) is -4.61. The molecule has 18 heavy (non-hydrogen) atoms. The molecule has 0 fully saturated rings. The molecule has 0 amide bonds. The van der Waals surface area contributed by atoms with Crippen LogP contribution in [0.15, 0.2) is 0 Å². The van der Waals surface area contributed by atoms with E-state index in [1.807, 2.05) is 0 Å². The number of rotatable bonds is 11. The van der Waals surface area contributed by atoms with Crippen molar-refractivity contribution in [3.05, 3.63) is 0 Å². The molecule has 0 aromatic heterocycles. The van der Waals surface area contributed by atoms with Crippen LogP contribution in [0.1, 0.15) is 64.7 Å². The molecule has 0 bridgehead atoms. The smallest absolute Gasteiger partial charge is 0.725 e. The zero-order chi connectivity index (χ0) is 13.1. The first kappa shape index (κ1) is 21.5. The fraction of sp³-hybridized carbons (Fsp3) is 1.00. The van der Waals surface area contributed by atoms with Crippen molar-refractivity contribution < 1.29 is 46.7 Å². The van der Waals surface area contributed by atoms with Crippen LogP contribution >= 0.6 is 12.6 Å². The second-order valence-electron chi connectivity index (χ2n) is 4.22. The van der Waals surface area contributed by atoms with Crippen LogP contribution < -0.4 is 29.6 Å². The maximum atomic E-state index is 10.3. The molecule has 104 valence electrons. The number of unbranched alkanes of at least 4 members (excludes halogenated alkanes) is 7. The Kier molecular flexibility index (Phi) is 15.8. The molecule has 1 atom stereocenters. The third-order valence-electron chi connectivity index (χ3n) is 2.53. The van der Waals surface area contributed by atoms with E-state index in [0.717, 1.165) is 19.3 Å². The Morgan fingerprint density at radius 1 is 1.06 bits per heavy atom. The van der Waals surface area contributed by atoms with Gasteiger partial charge in [-0.2, -0.15) is 0 Å². The van der Waals surface area contributed by atoms with Crippen LogP contribution in [0.3, 0.4) is 0 Å². The second kappa shape index (κ2) is 13.2. The molecular formula is C11H23NaO4S2. The summed E-state index contributed by atoms with van der Waals surface area (Å²) in [6, 6.07) is 0. The van der Waals surface area contributed by atoms with Crippen molar-refractivity contribution in [2.45, 2.75) is 70.1 Å². The first-order valence-corrected chi connectivity index (χ1v) is 8.13. The van der Waals surface area contributed by atoms with Gasteiger partial charge < -0.3 is 4.55 Å². The Morgan fingerprint density at radius 3 is 1.94 bits per heavy atom. The van der Waals surface area contributed by atoms with E-state index in [2.05, 4.69) is 23.7 Å². The Morgan fingerprint density at radius 2 is 1.50 bits per heavy atom. The van der Waals surface area contributed by atoms with E-state index in [-0.39, 0.29) is 29.6 Å². The molecule has 0 heterocycles. The van der Waals surface area contributed by atoms with Gasteiger partial charge in [0.15, 0.2) is 0 Å². The molecule has 0 aliphatic heterocycles. The zero-order valence-electron chi connectivity index (χ0n) is 11.4.